The molecule has 2 fully saturated rings. The van der Waals surface area contributed by atoms with Gasteiger partial charge in [-0.15, -0.1) is 0 Å². The minimum Gasteiger partial charge on any atom is -0.481 e. The summed E-state index contributed by atoms with van der Waals surface area (Å²) in [4.78, 5) is 10.8. The Bertz CT molecular complexity index is 614. The molecule has 4 heteroatoms. The third-order valence-corrected chi connectivity index (χ3v) is 6.91. The first-order valence-electron chi connectivity index (χ1n) is 11.1. The summed E-state index contributed by atoms with van der Waals surface area (Å²) in [6.07, 6.45) is 9.92. The van der Waals surface area contributed by atoms with Gasteiger partial charge in [0.05, 0.1) is 12.0 Å². The molecule has 0 spiro atoms. The van der Waals surface area contributed by atoms with Crippen LogP contribution in [0, 0.1) is 35.0 Å². The molecule has 2 aliphatic carbocycles. The van der Waals surface area contributed by atoms with Gasteiger partial charge < -0.3 is 15.3 Å². The summed E-state index contributed by atoms with van der Waals surface area (Å²) in [6, 6.07) is 0. The maximum absolute atomic E-state index is 10.8. The molecule has 0 amide bonds. The number of carboxylic acids is 1. The van der Waals surface area contributed by atoms with Gasteiger partial charge in [-0.05, 0) is 49.4 Å². The molecule has 2 rings (SSSR count). The average molecular weight is 391 g/mol. The smallest absolute Gasteiger partial charge is 0.303 e. The highest BCUT2D eigenvalue weighted by Gasteiger charge is 2.58. The molecular weight excluding hydrogens is 352 g/mol. The van der Waals surface area contributed by atoms with E-state index in [1.807, 2.05) is 0 Å². The molecule has 6 atom stereocenters. The van der Waals surface area contributed by atoms with Crippen LogP contribution in [0.1, 0.15) is 85.0 Å². The lowest BCUT2D eigenvalue weighted by Gasteiger charge is -2.61. The molecule has 3 N–H and O–H groups in total. The second-order valence-electron chi connectivity index (χ2n) is 8.96. The zero-order valence-corrected chi connectivity index (χ0v) is 17.8. The molecule has 0 saturated heterocycles. The van der Waals surface area contributed by atoms with E-state index in [4.69, 9.17) is 5.11 Å². The van der Waals surface area contributed by atoms with Crippen molar-refractivity contribution in [2.75, 3.05) is 0 Å². The van der Waals surface area contributed by atoms with E-state index in [2.05, 4.69) is 38.7 Å². The molecule has 2 saturated carbocycles. The van der Waals surface area contributed by atoms with Crippen molar-refractivity contribution in [3.8, 4) is 11.8 Å². The summed E-state index contributed by atoms with van der Waals surface area (Å²) >= 11 is 0. The van der Waals surface area contributed by atoms with E-state index < -0.39 is 18.2 Å². The van der Waals surface area contributed by atoms with E-state index in [1.165, 1.54) is 24.8 Å². The molecule has 0 aromatic carbocycles. The van der Waals surface area contributed by atoms with Crippen molar-refractivity contribution in [3.05, 3.63) is 11.6 Å². The van der Waals surface area contributed by atoms with Crippen LogP contribution in [0.5, 0.6) is 0 Å². The Morgan fingerprint density at radius 2 is 2.04 bits per heavy atom. The van der Waals surface area contributed by atoms with E-state index in [0.717, 1.165) is 19.3 Å². The number of aliphatic carboxylic acids is 1. The summed E-state index contributed by atoms with van der Waals surface area (Å²) < 4.78 is 0. The van der Waals surface area contributed by atoms with E-state index in [1.54, 1.807) is 0 Å². The molecular formula is C24H38O4. The van der Waals surface area contributed by atoms with E-state index in [9.17, 15) is 15.0 Å². The average Bonchev–Trinajstić information content (AvgIpc) is 2.65. The van der Waals surface area contributed by atoms with Gasteiger partial charge in [0.1, 0.15) is 6.10 Å². The van der Waals surface area contributed by atoms with Crippen LogP contribution in [0.2, 0.25) is 0 Å². The van der Waals surface area contributed by atoms with Gasteiger partial charge in [-0.3, -0.25) is 4.79 Å². The van der Waals surface area contributed by atoms with Crippen molar-refractivity contribution in [1.82, 2.24) is 0 Å². The van der Waals surface area contributed by atoms with Crippen molar-refractivity contribution < 1.29 is 20.1 Å². The second kappa shape index (κ2) is 10.5. The Balaban J connectivity index is 1.97. The van der Waals surface area contributed by atoms with Crippen LogP contribution in [0.4, 0.5) is 0 Å². The van der Waals surface area contributed by atoms with Gasteiger partial charge in [-0.2, -0.15) is 0 Å². The van der Waals surface area contributed by atoms with Gasteiger partial charge in [0.25, 0.3) is 0 Å². The van der Waals surface area contributed by atoms with E-state index in [0.29, 0.717) is 25.2 Å². The topological polar surface area (TPSA) is 77.8 Å². The highest BCUT2D eigenvalue weighted by Crippen LogP contribution is 2.64. The van der Waals surface area contributed by atoms with Gasteiger partial charge in [-0.1, -0.05) is 69.9 Å². The molecule has 4 nitrogen and oxygen atoms in total. The maximum atomic E-state index is 10.8. The number of allylic oxidation sites excluding steroid dienone is 2. The molecule has 0 aromatic heterocycles. The lowest BCUT2D eigenvalue weighted by molar-refractivity contribution is -0.136. The van der Waals surface area contributed by atoms with Crippen molar-refractivity contribution in [1.29, 1.82) is 0 Å². The number of fused-ring (bicyclic) bond motifs is 1. The van der Waals surface area contributed by atoms with Crippen LogP contribution in [-0.4, -0.2) is 33.5 Å². The molecule has 0 radical (unpaired) electrons. The Kier molecular flexibility index (Phi) is 8.58. The van der Waals surface area contributed by atoms with Crippen molar-refractivity contribution in [2.24, 2.45) is 23.2 Å². The number of carboxylic acid groups (broad SMARTS) is 1. The second-order valence-corrected chi connectivity index (χ2v) is 8.96. The Morgan fingerprint density at radius 3 is 2.71 bits per heavy atom. The van der Waals surface area contributed by atoms with Crippen molar-refractivity contribution in [2.45, 2.75) is 97.2 Å². The molecule has 0 aliphatic heterocycles. The fourth-order valence-electron chi connectivity index (χ4n) is 5.41. The van der Waals surface area contributed by atoms with Crippen LogP contribution in [0.15, 0.2) is 11.6 Å². The van der Waals surface area contributed by atoms with Crippen LogP contribution in [0.25, 0.3) is 0 Å². The lowest BCUT2D eigenvalue weighted by atomic mass is 9.43. The third-order valence-electron chi connectivity index (χ3n) is 6.91. The summed E-state index contributed by atoms with van der Waals surface area (Å²) in [5.74, 6) is 5.95. The zero-order valence-electron chi connectivity index (χ0n) is 17.8. The number of carbonyl (C=O) groups is 1. The summed E-state index contributed by atoms with van der Waals surface area (Å²) in [5.41, 5.74) is 1.33. The number of rotatable bonds is 9. The molecule has 28 heavy (non-hydrogen) atoms. The highest BCUT2D eigenvalue weighted by atomic mass is 16.4. The first kappa shape index (κ1) is 23.0. The van der Waals surface area contributed by atoms with Crippen LogP contribution in [-0.2, 0) is 4.79 Å². The fraction of sp³-hybridized carbons (Fsp3) is 0.792. The predicted octanol–water partition coefficient (Wildman–Crippen LogP) is 4.55. The summed E-state index contributed by atoms with van der Waals surface area (Å²) in [7, 11) is 0. The Morgan fingerprint density at radius 1 is 1.32 bits per heavy atom. The normalized spacial score (nSPS) is 34.1. The third kappa shape index (κ3) is 5.39. The lowest BCUT2D eigenvalue weighted by Crippen LogP contribution is -2.56. The minimum atomic E-state index is -0.767. The van der Waals surface area contributed by atoms with Crippen LogP contribution < -0.4 is 0 Å². The molecule has 158 valence electrons. The van der Waals surface area contributed by atoms with Gasteiger partial charge >= 0.3 is 5.97 Å². The first-order valence-corrected chi connectivity index (χ1v) is 11.1. The van der Waals surface area contributed by atoms with Crippen molar-refractivity contribution >= 4 is 5.97 Å². The largest absolute Gasteiger partial charge is 0.481 e. The van der Waals surface area contributed by atoms with Gasteiger partial charge in [0.2, 0.25) is 0 Å². The van der Waals surface area contributed by atoms with E-state index >= 15 is 0 Å². The van der Waals surface area contributed by atoms with Gasteiger partial charge in [-0.25, -0.2) is 0 Å². The minimum absolute atomic E-state index is 0.00159. The van der Waals surface area contributed by atoms with Crippen LogP contribution >= 0.6 is 0 Å². The van der Waals surface area contributed by atoms with Crippen LogP contribution in [0.3, 0.4) is 0 Å². The molecule has 0 aromatic rings. The monoisotopic (exact) mass is 390 g/mol. The van der Waals surface area contributed by atoms with Gasteiger partial charge in [0, 0.05) is 6.42 Å². The number of aliphatic hydroxyl groups is 2. The maximum Gasteiger partial charge on any atom is 0.303 e. The quantitative estimate of drug-likeness (QED) is 0.307. The molecule has 0 bridgehead atoms. The highest BCUT2D eigenvalue weighted by molar-refractivity contribution is 5.66. The van der Waals surface area contributed by atoms with Gasteiger partial charge in [0.15, 0.2) is 0 Å². The molecule has 2 unspecified atom stereocenters. The number of hydrogen-bond acceptors (Lipinski definition) is 3. The SMILES string of the molecule is CCCCCCCC(O)C#C[C@@H]1[C@@H](O)CC[C@@]2(C)C(=CCCC(=O)O)C(C)[C@@H]12. The number of aliphatic hydroxyl groups excluding tert-OH is 2. The number of hydrogen-bond donors (Lipinski definition) is 3. The van der Waals surface area contributed by atoms with Crippen molar-refractivity contribution in [3.63, 3.8) is 0 Å². The van der Waals surface area contributed by atoms with E-state index in [-0.39, 0.29) is 23.7 Å². The standard InChI is InChI=1S/C24H38O4/c1-4-5-6-7-8-10-18(25)13-14-19-21(26)15-16-24(3)20(17(2)23(19)24)11-9-12-22(27)28/h11,17-19,21,23,25-26H,4-10,12,15-16H2,1-3H3,(H,27,28)/t17?,18?,19-,21+,23+,24+/m1/s1. The first-order chi connectivity index (χ1) is 13.3. The molecule has 2 aliphatic rings. The fourth-order valence-corrected chi connectivity index (χ4v) is 5.41. The Hall–Kier alpha value is -1.31. The predicted molar refractivity (Wildman–Crippen MR) is 112 cm³/mol. The zero-order chi connectivity index (χ0) is 20.7. The molecule has 0 heterocycles. The Labute approximate surface area is 170 Å². The summed E-state index contributed by atoms with van der Waals surface area (Å²) in [6.45, 7) is 6.59. The number of unbranched alkanes of at least 4 members (excludes halogenated alkanes) is 4. The summed E-state index contributed by atoms with van der Waals surface area (Å²) in [5, 5.41) is 29.7.